The van der Waals surface area contributed by atoms with Crippen LogP contribution >= 0.6 is 0 Å². The Balaban J connectivity index is 1.51. The Kier molecular flexibility index (Phi) is 5.33. The molecule has 3 heterocycles. The lowest BCUT2D eigenvalue weighted by Crippen LogP contribution is -2.03. The Morgan fingerprint density at radius 1 is 0.964 bits per heavy atom. The van der Waals surface area contributed by atoms with Gasteiger partial charge >= 0.3 is 0 Å². The maximum atomic E-state index is 12.8. The number of Topliss-reactive ketones (excluding diaryl/α,β-unsaturated/α-hetero) is 1. The molecule has 0 bridgehead atoms. The normalized spacial score (nSPS) is 10.7. The van der Waals surface area contributed by atoms with Crippen LogP contribution in [-0.2, 0) is 6.42 Å². The largest absolute Gasteiger partial charge is 0.294 e. The summed E-state index contributed by atoms with van der Waals surface area (Å²) in [7, 11) is 0. The van der Waals surface area contributed by atoms with Crippen molar-refractivity contribution < 1.29 is 4.79 Å². The summed E-state index contributed by atoms with van der Waals surface area (Å²) in [5.41, 5.74) is 5.16. The van der Waals surface area contributed by atoms with Crippen LogP contribution < -0.4 is 0 Å². The van der Waals surface area contributed by atoms with Gasteiger partial charge in [-0.3, -0.25) is 19.9 Å². The summed E-state index contributed by atoms with van der Waals surface area (Å²) >= 11 is 0. The molecule has 0 saturated heterocycles. The second-order valence-corrected chi connectivity index (χ2v) is 6.55. The molecule has 5 heteroatoms. The van der Waals surface area contributed by atoms with Crippen LogP contribution in [-0.4, -0.2) is 25.9 Å². The highest BCUT2D eigenvalue weighted by atomic mass is 16.1. The smallest absolute Gasteiger partial charge is 0.163 e. The van der Waals surface area contributed by atoms with Crippen molar-refractivity contribution in [3.63, 3.8) is 0 Å². The van der Waals surface area contributed by atoms with E-state index in [9.17, 15) is 4.79 Å². The van der Waals surface area contributed by atoms with Gasteiger partial charge in [-0.25, -0.2) is 0 Å². The third kappa shape index (κ3) is 4.04. The fourth-order valence-electron chi connectivity index (χ4n) is 3.19. The van der Waals surface area contributed by atoms with Crippen LogP contribution in [0, 0.1) is 0 Å². The second-order valence-electron chi connectivity index (χ2n) is 6.55. The molecule has 4 rings (SSSR count). The number of carbonyl (C=O) groups is 1. The zero-order valence-corrected chi connectivity index (χ0v) is 15.4. The maximum Gasteiger partial charge on any atom is 0.163 e. The van der Waals surface area contributed by atoms with E-state index >= 15 is 0 Å². The Labute approximate surface area is 163 Å². The summed E-state index contributed by atoms with van der Waals surface area (Å²) in [5, 5.41) is 7.44. The first-order valence-corrected chi connectivity index (χ1v) is 9.29. The van der Waals surface area contributed by atoms with Gasteiger partial charge in [0.1, 0.15) is 0 Å². The molecule has 3 aromatic heterocycles. The van der Waals surface area contributed by atoms with Gasteiger partial charge in [0.2, 0.25) is 0 Å². The van der Waals surface area contributed by atoms with E-state index in [-0.39, 0.29) is 5.78 Å². The van der Waals surface area contributed by atoms with Crippen LogP contribution in [0.25, 0.3) is 22.5 Å². The van der Waals surface area contributed by atoms with Crippen molar-refractivity contribution in [2.24, 2.45) is 0 Å². The number of hydrogen-bond donors (Lipinski definition) is 1. The molecule has 0 atom stereocenters. The van der Waals surface area contributed by atoms with Gasteiger partial charge < -0.3 is 0 Å². The molecule has 138 valence electrons. The fourth-order valence-corrected chi connectivity index (χ4v) is 3.19. The summed E-state index contributed by atoms with van der Waals surface area (Å²) in [4.78, 5) is 21.3. The summed E-state index contributed by atoms with van der Waals surface area (Å²) in [6.45, 7) is 0. The first kappa shape index (κ1) is 17.8. The van der Waals surface area contributed by atoms with E-state index in [0.717, 1.165) is 41.1 Å². The summed E-state index contributed by atoms with van der Waals surface area (Å²) in [5.74, 6) is 0.129. The average molecular weight is 368 g/mol. The molecule has 4 aromatic rings. The molecule has 0 unspecified atom stereocenters. The SMILES string of the molecule is O=C(CCCc1ccccn1)c1ccccc1-c1cc(-c2cccnc2)n[nH]1. The van der Waals surface area contributed by atoms with Gasteiger partial charge in [-0.05, 0) is 43.2 Å². The lowest BCUT2D eigenvalue weighted by atomic mass is 9.97. The second kappa shape index (κ2) is 8.39. The number of ketones is 1. The standard InChI is InChI=1S/C23H20N4O/c28-23(12-5-9-18-8-3-4-14-25-18)20-11-2-1-10-19(20)22-15-21(26-27-22)17-7-6-13-24-16-17/h1-4,6-8,10-11,13-16H,5,9,12H2,(H,26,27). The Morgan fingerprint density at radius 3 is 2.68 bits per heavy atom. The van der Waals surface area contributed by atoms with Gasteiger partial charge in [-0.1, -0.05) is 30.3 Å². The minimum absolute atomic E-state index is 0.129. The third-order valence-corrected chi connectivity index (χ3v) is 4.62. The molecule has 0 aliphatic rings. The number of nitrogens with one attached hydrogen (secondary N) is 1. The van der Waals surface area contributed by atoms with Gasteiger partial charge in [-0.15, -0.1) is 0 Å². The maximum absolute atomic E-state index is 12.8. The zero-order valence-electron chi connectivity index (χ0n) is 15.4. The molecule has 0 fully saturated rings. The van der Waals surface area contributed by atoms with Gasteiger partial charge in [0.25, 0.3) is 0 Å². The summed E-state index contributed by atoms with van der Waals surface area (Å²) < 4.78 is 0. The van der Waals surface area contributed by atoms with E-state index in [1.54, 1.807) is 18.6 Å². The van der Waals surface area contributed by atoms with Crippen molar-refractivity contribution in [3.05, 3.63) is 90.5 Å². The number of benzene rings is 1. The van der Waals surface area contributed by atoms with E-state index in [1.807, 2.05) is 60.7 Å². The molecule has 28 heavy (non-hydrogen) atoms. The van der Waals surface area contributed by atoms with Crippen LogP contribution in [0.1, 0.15) is 28.9 Å². The van der Waals surface area contributed by atoms with Crippen molar-refractivity contribution in [1.29, 1.82) is 0 Å². The molecule has 0 spiro atoms. The highest BCUT2D eigenvalue weighted by Crippen LogP contribution is 2.27. The van der Waals surface area contributed by atoms with Crippen LogP contribution in [0.5, 0.6) is 0 Å². The lowest BCUT2D eigenvalue weighted by Gasteiger charge is -2.07. The molecule has 1 N–H and O–H groups in total. The van der Waals surface area contributed by atoms with Crippen LogP contribution in [0.15, 0.2) is 79.3 Å². The van der Waals surface area contributed by atoms with E-state index in [0.29, 0.717) is 12.0 Å². The number of rotatable bonds is 7. The Morgan fingerprint density at radius 2 is 1.86 bits per heavy atom. The molecule has 0 aliphatic carbocycles. The van der Waals surface area contributed by atoms with Gasteiger partial charge in [-0.2, -0.15) is 5.10 Å². The van der Waals surface area contributed by atoms with Gasteiger partial charge in [0.05, 0.1) is 11.4 Å². The van der Waals surface area contributed by atoms with Gasteiger partial charge in [0.15, 0.2) is 5.78 Å². The molecule has 0 aliphatic heterocycles. The van der Waals surface area contributed by atoms with E-state index < -0.39 is 0 Å². The van der Waals surface area contributed by atoms with E-state index in [2.05, 4.69) is 20.2 Å². The molecular weight excluding hydrogens is 348 g/mol. The van der Waals surface area contributed by atoms with Crippen molar-refractivity contribution >= 4 is 5.78 Å². The minimum atomic E-state index is 0.129. The molecule has 0 saturated carbocycles. The van der Waals surface area contributed by atoms with Crippen LogP contribution in [0.3, 0.4) is 0 Å². The number of aromatic amines is 1. The van der Waals surface area contributed by atoms with Crippen LogP contribution in [0.4, 0.5) is 0 Å². The van der Waals surface area contributed by atoms with Crippen LogP contribution in [0.2, 0.25) is 0 Å². The molecule has 5 nitrogen and oxygen atoms in total. The fraction of sp³-hybridized carbons (Fsp3) is 0.130. The zero-order chi connectivity index (χ0) is 19.2. The first-order chi connectivity index (χ1) is 13.8. The first-order valence-electron chi connectivity index (χ1n) is 9.29. The van der Waals surface area contributed by atoms with Crippen molar-refractivity contribution in [1.82, 2.24) is 20.2 Å². The van der Waals surface area contributed by atoms with Crippen molar-refractivity contribution in [2.75, 3.05) is 0 Å². The molecule has 0 radical (unpaired) electrons. The number of aromatic nitrogens is 4. The average Bonchev–Trinajstić information content (AvgIpc) is 3.25. The Hall–Kier alpha value is -3.60. The highest BCUT2D eigenvalue weighted by Gasteiger charge is 2.14. The summed E-state index contributed by atoms with van der Waals surface area (Å²) in [6, 6.07) is 19.3. The van der Waals surface area contributed by atoms with Crippen molar-refractivity contribution in [2.45, 2.75) is 19.3 Å². The highest BCUT2D eigenvalue weighted by molar-refractivity contribution is 6.02. The van der Waals surface area contributed by atoms with Crippen molar-refractivity contribution in [3.8, 4) is 22.5 Å². The number of H-pyrrole nitrogens is 1. The number of pyridine rings is 2. The minimum Gasteiger partial charge on any atom is -0.294 e. The number of hydrogen-bond acceptors (Lipinski definition) is 4. The quantitative estimate of drug-likeness (QED) is 0.478. The third-order valence-electron chi connectivity index (χ3n) is 4.62. The Bertz CT molecular complexity index is 1060. The number of carbonyl (C=O) groups excluding carboxylic acids is 1. The van der Waals surface area contributed by atoms with E-state index in [4.69, 9.17) is 0 Å². The predicted octanol–water partition coefficient (Wildman–Crippen LogP) is 4.74. The monoisotopic (exact) mass is 368 g/mol. The lowest BCUT2D eigenvalue weighted by molar-refractivity contribution is 0.0980. The molecule has 0 amide bonds. The number of nitrogens with zero attached hydrogens (tertiary/aromatic N) is 3. The topological polar surface area (TPSA) is 71.5 Å². The molecule has 1 aromatic carbocycles. The predicted molar refractivity (Wildman–Crippen MR) is 109 cm³/mol. The molecular formula is C23H20N4O. The van der Waals surface area contributed by atoms with E-state index in [1.165, 1.54) is 0 Å². The number of aryl methyl sites for hydroxylation is 1. The van der Waals surface area contributed by atoms with Gasteiger partial charge in [0, 0.05) is 47.4 Å². The summed E-state index contributed by atoms with van der Waals surface area (Å²) in [6.07, 6.45) is 7.34.